The van der Waals surface area contributed by atoms with E-state index in [-0.39, 0.29) is 17.7 Å². The predicted molar refractivity (Wildman–Crippen MR) is 85.0 cm³/mol. The van der Waals surface area contributed by atoms with Crippen molar-refractivity contribution in [1.82, 2.24) is 10.2 Å². The number of nitrogens with one attached hydrogen (secondary N) is 1. The van der Waals surface area contributed by atoms with Gasteiger partial charge in [0.05, 0.1) is 18.6 Å². The standard InChI is InChI=1S/C17H18N4O2/c1-9(2)15-14-13(10-5-4-6-11(7-10)22-3)12(8-18)16(19)23-17(14)21-20-15/h4-7,9,13H,19H2,1-3H3,(H,20,21)/t13-/m1/s1. The number of hydrogen-bond donors (Lipinski definition) is 2. The number of fused-ring (bicyclic) bond motifs is 1. The van der Waals surface area contributed by atoms with Gasteiger partial charge in [0.1, 0.15) is 17.4 Å². The van der Waals surface area contributed by atoms with Gasteiger partial charge in [0.15, 0.2) is 0 Å². The van der Waals surface area contributed by atoms with Crippen molar-refractivity contribution in [3.63, 3.8) is 0 Å². The van der Waals surface area contributed by atoms with Crippen molar-refractivity contribution in [2.24, 2.45) is 5.73 Å². The lowest BCUT2D eigenvalue weighted by molar-refractivity contribution is 0.378. The molecule has 3 N–H and O–H groups in total. The number of methoxy groups -OCH3 is 1. The lowest BCUT2D eigenvalue weighted by Gasteiger charge is -2.25. The number of nitriles is 1. The zero-order valence-corrected chi connectivity index (χ0v) is 13.3. The largest absolute Gasteiger partial charge is 0.497 e. The summed E-state index contributed by atoms with van der Waals surface area (Å²) >= 11 is 0. The molecule has 0 saturated heterocycles. The van der Waals surface area contributed by atoms with Crippen LogP contribution in [0.3, 0.4) is 0 Å². The lowest BCUT2D eigenvalue weighted by atomic mass is 9.82. The Morgan fingerprint density at radius 1 is 1.43 bits per heavy atom. The maximum Gasteiger partial charge on any atom is 0.244 e. The SMILES string of the molecule is COc1cccc([C@@H]2C(C#N)=C(N)Oc3n[nH]c(C(C)C)c32)c1. The maximum atomic E-state index is 9.58. The molecule has 0 saturated carbocycles. The summed E-state index contributed by atoms with van der Waals surface area (Å²) in [6.45, 7) is 4.12. The van der Waals surface area contributed by atoms with Gasteiger partial charge in [-0.05, 0) is 23.6 Å². The molecule has 6 nitrogen and oxygen atoms in total. The third-order valence-electron chi connectivity index (χ3n) is 3.97. The molecule has 1 aliphatic heterocycles. The molecule has 2 aromatic rings. The van der Waals surface area contributed by atoms with Gasteiger partial charge in [0, 0.05) is 5.69 Å². The molecular weight excluding hydrogens is 292 g/mol. The second-order valence-electron chi connectivity index (χ2n) is 5.71. The zero-order valence-electron chi connectivity index (χ0n) is 13.3. The fourth-order valence-corrected chi connectivity index (χ4v) is 2.86. The first-order chi connectivity index (χ1) is 11.1. The Labute approximate surface area is 134 Å². The van der Waals surface area contributed by atoms with Crippen LogP contribution in [0.4, 0.5) is 0 Å². The van der Waals surface area contributed by atoms with Gasteiger partial charge in [0.25, 0.3) is 0 Å². The van der Waals surface area contributed by atoms with Crippen molar-refractivity contribution in [3.05, 3.63) is 52.5 Å². The van der Waals surface area contributed by atoms with Crippen molar-refractivity contribution >= 4 is 0 Å². The topological polar surface area (TPSA) is 96.9 Å². The lowest BCUT2D eigenvalue weighted by Crippen LogP contribution is -2.21. The van der Waals surface area contributed by atoms with Crippen LogP contribution in [0.5, 0.6) is 11.6 Å². The first kappa shape index (κ1) is 15.0. The van der Waals surface area contributed by atoms with Crippen LogP contribution in [0.2, 0.25) is 0 Å². The minimum atomic E-state index is -0.324. The Bertz CT molecular complexity index is 814. The van der Waals surface area contributed by atoms with Crippen LogP contribution >= 0.6 is 0 Å². The maximum absolute atomic E-state index is 9.58. The van der Waals surface area contributed by atoms with Crippen LogP contribution in [0.1, 0.15) is 42.5 Å². The van der Waals surface area contributed by atoms with Crippen LogP contribution in [0.15, 0.2) is 35.7 Å². The second-order valence-corrected chi connectivity index (χ2v) is 5.71. The van der Waals surface area contributed by atoms with Gasteiger partial charge in [-0.15, -0.1) is 5.10 Å². The van der Waals surface area contributed by atoms with E-state index in [2.05, 4.69) is 30.1 Å². The van der Waals surface area contributed by atoms with E-state index in [0.717, 1.165) is 22.6 Å². The highest BCUT2D eigenvalue weighted by Crippen LogP contribution is 2.44. The molecule has 118 valence electrons. The highest BCUT2D eigenvalue weighted by atomic mass is 16.5. The molecule has 0 spiro atoms. The molecule has 23 heavy (non-hydrogen) atoms. The van der Waals surface area contributed by atoms with E-state index in [9.17, 15) is 5.26 Å². The van der Waals surface area contributed by atoms with Crippen molar-refractivity contribution in [1.29, 1.82) is 5.26 Å². The number of hydrogen-bond acceptors (Lipinski definition) is 5. The van der Waals surface area contributed by atoms with E-state index in [4.69, 9.17) is 15.2 Å². The van der Waals surface area contributed by atoms with Gasteiger partial charge >= 0.3 is 0 Å². The third-order valence-corrected chi connectivity index (χ3v) is 3.97. The van der Waals surface area contributed by atoms with Crippen molar-refractivity contribution in [2.45, 2.75) is 25.7 Å². The molecule has 2 heterocycles. The molecule has 0 radical (unpaired) electrons. The van der Waals surface area contributed by atoms with Gasteiger partial charge in [0.2, 0.25) is 11.8 Å². The number of ether oxygens (including phenoxy) is 2. The van der Waals surface area contributed by atoms with Crippen LogP contribution < -0.4 is 15.2 Å². The summed E-state index contributed by atoms with van der Waals surface area (Å²) in [4.78, 5) is 0. The van der Waals surface area contributed by atoms with E-state index >= 15 is 0 Å². The van der Waals surface area contributed by atoms with Crippen molar-refractivity contribution < 1.29 is 9.47 Å². The van der Waals surface area contributed by atoms with Gasteiger partial charge in [-0.25, -0.2) is 0 Å². The Hall–Kier alpha value is -2.94. The molecular formula is C17H18N4O2. The minimum absolute atomic E-state index is 0.0922. The molecule has 6 heteroatoms. The van der Waals surface area contributed by atoms with Gasteiger partial charge in [-0.1, -0.05) is 26.0 Å². The quantitative estimate of drug-likeness (QED) is 0.908. The van der Waals surface area contributed by atoms with E-state index in [1.165, 1.54) is 0 Å². The molecule has 3 rings (SSSR count). The van der Waals surface area contributed by atoms with Crippen LogP contribution in [0.25, 0.3) is 0 Å². The summed E-state index contributed by atoms with van der Waals surface area (Å²) in [5, 5.41) is 16.8. The average molecular weight is 310 g/mol. The van der Waals surface area contributed by atoms with E-state index in [1.54, 1.807) is 7.11 Å². The monoisotopic (exact) mass is 310 g/mol. The summed E-state index contributed by atoms with van der Waals surface area (Å²) in [6, 6.07) is 9.79. The number of allylic oxidation sites excluding steroid dienone is 1. The molecule has 0 unspecified atom stereocenters. The molecule has 0 fully saturated rings. The van der Waals surface area contributed by atoms with Crippen LogP contribution in [-0.2, 0) is 0 Å². The first-order valence-corrected chi connectivity index (χ1v) is 7.36. The summed E-state index contributed by atoms with van der Waals surface area (Å²) in [7, 11) is 1.61. The molecule has 0 amide bonds. The third kappa shape index (κ3) is 2.40. The number of rotatable bonds is 3. The number of benzene rings is 1. The summed E-state index contributed by atoms with van der Waals surface area (Å²) in [6.07, 6.45) is 0. The highest BCUT2D eigenvalue weighted by molar-refractivity contribution is 5.56. The molecule has 1 aromatic carbocycles. The molecule has 1 aliphatic rings. The number of aromatic nitrogens is 2. The zero-order chi connectivity index (χ0) is 16.6. The van der Waals surface area contributed by atoms with Crippen molar-refractivity contribution in [3.8, 4) is 17.7 Å². The number of aromatic amines is 1. The number of nitrogens with two attached hydrogens (primary N) is 1. The Balaban J connectivity index is 2.24. The Kier molecular flexibility index (Phi) is 3.70. The second kappa shape index (κ2) is 5.69. The molecule has 1 aromatic heterocycles. The summed E-state index contributed by atoms with van der Waals surface area (Å²) in [5.41, 5.74) is 9.03. The van der Waals surface area contributed by atoms with E-state index in [0.29, 0.717) is 11.5 Å². The first-order valence-electron chi connectivity index (χ1n) is 7.36. The summed E-state index contributed by atoms with van der Waals surface area (Å²) in [5.74, 6) is 1.13. The Morgan fingerprint density at radius 2 is 2.22 bits per heavy atom. The fourth-order valence-electron chi connectivity index (χ4n) is 2.86. The normalized spacial score (nSPS) is 16.7. The number of nitrogens with zero attached hydrogens (tertiary/aromatic N) is 2. The molecule has 0 aliphatic carbocycles. The predicted octanol–water partition coefficient (Wildman–Crippen LogP) is 2.76. The minimum Gasteiger partial charge on any atom is -0.497 e. The van der Waals surface area contributed by atoms with Gasteiger partial charge in [-0.3, -0.25) is 5.10 Å². The smallest absolute Gasteiger partial charge is 0.244 e. The van der Waals surface area contributed by atoms with Gasteiger partial charge in [-0.2, -0.15) is 5.26 Å². The van der Waals surface area contributed by atoms with Crippen molar-refractivity contribution in [2.75, 3.05) is 7.11 Å². The van der Waals surface area contributed by atoms with E-state index in [1.807, 2.05) is 24.3 Å². The summed E-state index contributed by atoms with van der Waals surface area (Å²) < 4.78 is 10.8. The highest BCUT2D eigenvalue weighted by Gasteiger charge is 2.35. The number of H-pyrrole nitrogens is 1. The van der Waals surface area contributed by atoms with Crippen LogP contribution in [-0.4, -0.2) is 17.3 Å². The molecule has 0 bridgehead atoms. The fraction of sp³-hybridized carbons (Fsp3) is 0.294. The Morgan fingerprint density at radius 3 is 2.87 bits per heavy atom. The molecule has 1 atom stereocenters. The van der Waals surface area contributed by atoms with E-state index < -0.39 is 0 Å². The van der Waals surface area contributed by atoms with Crippen LogP contribution in [0, 0.1) is 11.3 Å². The van der Waals surface area contributed by atoms with Gasteiger partial charge < -0.3 is 15.2 Å². The average Bonchev–Trinajstić information content (AvgIpc) is 2.97.